The third-order valence-corrected chi connectivity index (χ3v) is 5.62. The van der Waals surface area contributed by atoms with Gasteiger partial charge >= 0.3 is 10.1 Å². The summed E-state index contributed by atoms with van der Waals surface area (Å²) < 4.78 is 30.1. The van der Waals surface area contributed by atoms with Crippen LogP contribution in [0.4, 0.5) is 11.4 Å². The molecule has 0 radical (unpaired) electrons. The molecule has 0 aliphatic heterocycles. The molecule has 11 heteroatoms. The van der Waals surface area contributed by atoms with Crippen molar-refractivity contribution in [2.45, 2.75) is 4.90 Å². The van der Waals surface area contributed by atoms with Gasteiger partial charge in [-0.2, -0.15) is 13.7 Å². The van der Waals surface area contributed by atoms with Crippen molar-refractivity contribution < 1.29 is 22.3 Å². The molecule has 0 saturated heterocycles. The summed E-state index contributed by atoms with van der Waals surface area (Å²) in [5.41, 5.74) is 0.0720. The number of amides is 1. The van der Waals surface area contributed by atoms with Crippen LogP contribution in [0.2, 0.25) is 5.02 Å². The predicted molar refractivity (Wildman–Crippen MR) is 121 cm³/mol. The fraction of sp³-hybridized carbons (Fsp3) is 0. The molecule has 3 rings (SSSR count). The third-order valence-electron chi connectivity index (χ3n) is 4.14. The highest BCUT2D eigenvalue weighted by Crippen LogP contribution is 2.24. The summed E-state index contributed by atoms with van der Waals surface area (Å²) in [5, 5.41) is 23.2. The summed E-state index contributed by atoms with van der Waals surface area (Å²) in [6.07, 6.45) is 1.26. The fourth-order valence-corrected chi connectivity index (χ4v) is 3.82. The number of nitro benzene ring substituents is 1. The number of hydrogen-bond donors (Lipinski definition) is 1. The Bertz CT molecular complexity index is 1410. The van der Waals surface area contributed by atoms with Crippen LogP contribution in [-0.4, -0.2) is 19.2 Å². The monoisotopic (exact) mass is 483 g/mol. The molecule has 0 bridgehead atoms. The van der Waals surface area contributed by atoms with Gasteiger partial charge in [0.05, 0.1) is 4.92 Å². The van der Waals surface area contributed by atoms with Gasteiger partial charge in [0.25, 0.3) is 11.6 Å². The molecule has 33 heavy (non-hydrogen) atoms. The van der Waals surface area contributed by atoms with E-state index in [-0.39, 0.29) is 11.3 Å². The van der Waals surface area contributed by atoms with Crippen molar-refractivity contribution in [2.75, 3.05) is 5.32 Å². The molecular weight excluding hydrogens is 470 g/mol. The van der Waals surface area contributed by atoms with Crippen molar-refractivity contribution in [3.63, 3.8) is 0 Å². The highest BCUT2D eigenvalue weighted by Gasteiger charge is 2.20. The predicted octanol–water partition coefficient (Wildman–Crippen LogP) is 4.56. The molecule has 0 saturated carbocycles. The summed E-state index contributed by atoms with van der Waals surface area (Å²) in [6.45, 7) is 0. The Morgan fingerprint density at radius 2 is 1.82 bits per heavy atom. The van der Waals surface area contributed by atoms with Crippen LogP contribution >= 0.6 is 11.6 Å². The summed E-state index contributed by atoms with van der Waals surface area (Å²) in [6, 6.07) is 18.3. The molecule has 0 fully saturated rings. The zero-order valence-corrected chi connectivity index (χ0v) is 18.2. The van der Waals surface area contributed by atoms with Gasteiger partial charge in [-0.15, -0.1) is 0 Å². The Kier molecular flexibility index (Phi) is 7.07. The first-order valence-electron chi connectivity index (χ1n) is 9.16. The summed E-state index contributed by atoms with van der Waals surface area (Å²) in [4.78, 5) is 22.2. The molecule has 9 nitrogen and oxygen atoms in total. The molecule has 3 aromatic rings. The standard InChI is InChI=1S/C22H14ClN3O6S/c23-17-5-2-6-18(12-17)25-22(27)16(14-24)10-15-4-1-8-20(11-15)32-33(30,31)21-9-3-7-19(13-21)26(28)29/h1-13H,(H,25,27)/b16-10+. The van der Waals surface area contributed by atoms with Crippen molar-refractivity contribution in [3.05, 3.63) is 99.1 Å². The Labute approximate surface area is 193 Å². The van der Waals surface area contributed by atoms with Crippen LogP contribution in [0.15, 0.2) is 83.3 Å². The van der Waals surface area contributed by atoms with Gasteiger partial charge in [0.1, 0.15) is 22.3 Å². The molecule has 0 atom stereocenters. The van der Waals surface area contributed by atoms with Crippen molar-refractivity contribution in [1.82, 2.24) is 0 Å². The van der Waals surface area contributed by atoms with Gasteiger partial charge in [0.15, 0.2) is 0 Å². The number of carbonyl (C=O) groups excluding carboxylic acids is 1. The first-order valence-corrected chi connectivity index (χ1v) is 10.9. The third kappa shape index (κ3) is 6.16. The van der Waals surface area contributed by atoms with Gasteiger partial charge < -0.3 is 9.50 Å². The first-order chi connectivity index (χ1) is 15.7. The minimum absolute atomic E-state index is 0.109. The molecule has 0 unspecified atom stereocenters. The Balaban J connectivity index is 1.83. The zero-order valence-electron chi connectivity index (χ0n) is 16.6. The van der Waals surface area contributed by atoms with Gasteiger partial charge in [-0.05, 0) is 48.0 Å². The number of hydrogen-bond acceptors (Lipinski definition) is 7. The molecule has 0 spiro atoms. The lowest BCUT2D eigenvalue weighted by Crippen LogP contribution is -2.13. The Morgan fingerprint density at radius 1 is 1.09 bits per heavy atom. The van der Waals surface area contributed by atoms with E-state index in [4.69, 9.17) is 15.8 Å². The van der Waals surface area contributed by atoms with Gasteiger partial charge in [-0.3, -0.25) is 14.9 Å². The lowest BCUT2D eigenvalue weighted by atomic mass is 10.1. The number of carbonyl (C=O) groups is 1. The quantitative estimate of drug-likeness (QED) is 0.171. The highest BCUT2D eigenvalue weighted by molar-refractivity contribution is 7.87. The smallest absolute Gasteiger partial charge is 0.339 e. The van der Waals surface area contributed by atoms with E-state index in [2.05, 4.69) is 5.32 Å². The molecule has 166 valence electrons. The Morgan fingerprint density at radius 3 is 2.52 bits per heavy atom. The number of nitriles is 1. The second kappa shape index (κ2) is 9.95. The second-order valence-electron chi connectivity index (χ2n) is 6.50. The van der Waals surface area contributed by atoms with Gasteiger partial charge in [-0.1, -0.05) is 35.9 Å². The molecular formula is C22H14ClN3O6S. The van der Waals surface area contributed by atoms with E-state index in [1.807, 2.05) is 0 Å². The topological polar surface area (TPSA) is 139 Å². The van der Waals surface area contributed by atoms with Crippen LogP contribution in [0.25, 0.3) is 6.08 Å². The van der Waals surface area contributed by atoms with Gasteiger partial charge in [0.2, 0.25) is 0 Å². The SMILES string of the molecule is N#C/C(=C\c1cccc(OS(=O)(=O)c2cccc([N+](=O)[O-])c2)c1)C(=O)Nc1cccc(Cl)c1. The van der Waals surface area contributed by atoms with E-state index in [9.17, 15) is 28.6 Å². The summed E-state index contributed by atoms with van der Waals surface area (Å²) >= 11 is 5.88. The van der Waals surface area contributed by atoms with Crippen LogP contribution in [0.3, 0.4) is 0 Å². The van der Waals surface area contributed by atoms with E-state index in [0.717, 1.165) is 12.1 Å². The molecule has 0 heterocycles. The minimum atomic E-state index is -4.36. The molecule has 1 N–H and O–H groups in total. The summed E-state index contributed by atoms with van der Waals surface area (Å²) in [5.74, 6) is -0.793. The highest BCUT2D eigenvalue weighted by atomic mass is 35.5. The summed E-state index contributed by atoms with van der Waals surface area (Å²) in [7, 11) is -4.36. The van der Waals surface area contributed by atoms with Crippen LogP contribution in [0.5, 0.6) is 5.75 Å². The minimum Gasteiger partial charge on any atom is -0.379 e. The molecule has 1 amide bonds. The number of non-ortho nitro benzene ring substituents is 1. The van der Waals surface area contributed by atoms with E-state index < -0.39 is 31.5 Å². The van der Waals surface area contributed by atoms with Gasteiger partial charge in [-0.25, -0.2) is 0 Å². The number of halogens is 1. The number of anilines is 1. The average Bonchev–Trinajstić information content (AvgIpc) is 2.77. The van der Waals surface area contributed by atoms with Crippen molar-refractivity contribution in [1.29, 1.82) is 5.26 Å². The fourth-order valence-electron chi connectivity index (χ4n) is 2.66. The van der Waals surface area contributed by atoms with E-state index in [1.165, 1.54) is 48.5 Å². The molecule has 0 aromatic heterocycles. The maximum atomic E-state index is 12.5. The Hall–Kier alpha value is -4.20. The van der Waals surface area contributed by atoms with Crippen molar-refractivity contribution in [2.24, 2.45) is 0 Å². The first kappa shape index (κ1) is 23.5. The van der Waals surface area contributed by atoms with Crippen molar-refractivity contribution >= 4 is 45.1 Å². The molecule has 0 aliphatic rings. The second-order valence-corrected chi connectivity index (χ2v) is 8.48. The van der Waals surface area contributed by atoms with Gasteiger partial charge in [0, 0.05) is 22.8 Å². The number of benzene rings is 3. The average molecular weight is 484 g/mol. The van der Waals surface area contributed by atoms with E-state index in [0.29, 0.717) is 16.3 Å². The number of nitrogens with zero attached hydrogens (tertiary/aromatic N) is 2. The van der Waals surface area contributed by atoms with Crippen molar-refractivity contribution in [3.8, 4) is 11.8 Å². The van der Waals surface area contributed by atoms with Crippen LogP contribution in [0.1, 0.15) is 5.56 Å². The lowest BCUT2D eigenvalue weighted by Gasteiger charge is -2.08. The van der Waals surface area contributed by atoms with Crippen LogP contribution in [-0.2, 0) is 14.9 Å². The van der Waals surface area contributed by atoms with E-state index >= 15 is 0 Å². The largest absolute Gasteiger partial charge is 0.379 e. The molecule has 3 aromatic carbocycles. The van der Waals surface area contributed by atoms with Crippen LogP contribution < -0.4 is 9.50 Å². The maximum Gasteiger partial charge on any atom is 0.339 e. The number of nitrogens with one attached hydrogen (secondary N) is 1. The lowest BCUT2D eigenvalue weighted by molar-refractivity contribution is -0.385. The number of rotatable bonds is 7. The van der Waals surface area contributed by atoms with E-state index in [1.54, 1.807) is 24.3 Å². The maximum absolute atomic E-state index is 12.5. The van der Waals surface area contributed by atoms with Crippen LogP contribution in [0, 0.1) is 21.4 Å². The molecule has 0 aliphatic carbocycles. The normalized spacial score (nSPS) is 11.3. The number of nitro groups is 1. The zero-order chi connectivity index (χ0) is 24.0.